The number of benzene rings is 1. The highest BCUT2D eigenvalue weighted by Crippen LogP contribution is 2.38. The zero-order valence-electron chi connectivity index (χ0n) is 15.5. The van der Waals surface area contributed by atoms with Gasteiger partial charge in [-0.3, -0.25) is 14.9 Å². The molecule has 1 aromatic carbocycles. The van der Waals surface area contributed by atoms with Gasteiger partial charge in [0, 0.05) is 17.8 Å². The fourth-order valence-electron chi connectivity index (χ4n) is 3.13. The van der Waals surface area contributed by atoms with Gasteiger partial charge in [-0.05, 0) is 26.3 Å². The van der Waals surface area contributed by atoms with Crippen LogP contribution in [0, 0.1) is 10.1 Å². The summed E-state index contributed by atoms with van der Waals surface area (Å²) in [6.45, 7) is 5.10. The Morgan fingerprint density at radius 2 is 2.11 bits per heavy atom. The van der Waals surface area contributed by atoms with E-state index in [0.29, 0.717) is 17.1 Å². The number of amides is 1. The molecule has 0 spiro atoms. The summed E-state index contributed by atoms with van der Waals surface area (Å²) in [6, 6.07) is 5.15. The summed E-state index contributed by atoms with van der Waals surface area (Å²) in [5, 5.41) is 14.2. The number of esters is 1. The molecule has 10 nitrogen and oxygen atoms in total. The number of aromatic nitrogens is 2. The molecular weight excluding hydrogens is 366 g/mol. The number of fused-ring (bicyclic) bond motifs is 1. The lowest BCUT2D eigenvalue weighted by atomic mass is 9.94. The molecular formula is C18H19N5O5. The molecule has 0 bridgehead atoms. The number of carbonyl (C=O) groups is 2. The van der Waals surface area contributed by atoms with Crippen LogP contribution >= 0.6 is 0 Å². The number of anilines is 1. The van der Waals surface area contributed by atoms with E-state index >= 15 is 0 Å². The number of nitrogens with one attached hydrogen (secondary N) is 1. The SMILES string of the molecule is CC1=C(C(=O)OC(C)C)[C@@H](c2cccc([N+](=O)[O-])c2)n2cnc(C(N)=O)c2N1. The van der Waals surface area contributed by atoms with E-state index in [0.717, 1.165) is 0 Å². The molecule has 146 valence electrons. The molecule has 0 aliphatic carbocycles. The summed E-state index contributed by atoms with van der Waals surface area (Å²) in [4.78, 5) is 39.2. The Morgan fingerprint density at radius 1 is 1.39 bits per heavy atom. The predicted molar refractivity (Wildman–Crippen MR) is 99.5 cm³/mol. The van der Waals surface area contributed by atoms with Crippen molar-refractivity contribution in [2.45, 2.75) is 32.9 Å². The van der Waals surface area contributed by atoms with Crippen molar-refractivity contribution in [2.24, 2.45) is 5.73 Å². The molecule has 3 N–H and O–H groups in total. The number of carbonyl (C=O) groups excluding carboxylic acids is 2. The highest BCUT2D eigenvalue weighted by atomic mass is 16.6. The van der Waals surface area contributed by atoms with Gasteiger partial charge in [-0.15, -0.1) is 0 Å². The minimum absolute atomic E-state index is 0.00561. The first-order valence-electron chi connectivity index (χ1n) is 8.50. The minimum atomic E-state index is -0.775. The number of hydrogen-bond acceptors (Lipinski definition) is 7. The van der Waals surface area contributed by atoms with Crippen molar-refractivity contribution in [3.8, 4) is 0 Å². The smallest absolute Gasteiger partial charge is 0.338 e. The summed E-state index contributed by atoms with van der Waals surface area (Å²) in [6.07, 6.45) is 1.00. The standard InChI is InChI=1S/C18H19N5O5/c1-9(2)28-18(25)13-10(3)21-17-14(16(19)24)20-8-22(17)15(13)11-5-4-6-12(7-11)23(26)27/h4-9,15,21H,1-3H3,(H2,19,24)/t15-/m1/s1. The summed E-state index contributed by atoms with van der Waals surface area (Å²) >= 11 is 0. The van der Waals surface area contributed by atoms with Gasteiger partial charge in [0.05, 0.1) is 29.0 Å². The van der Waals surface area contributed by atoms with Gasteiger partial charge in [0.25, 0.3) is 11.6 Å². The molecule has 1 atom stereocenters. The van der Waals surface area contributed by atoms with Crippen LogP contribution in [0.4, 0.5) is 11.5 Å². The average molecular weight is 385 g/mol. The van der Waals surface area contributed by atoms with Crippen molar-refractivity contribution < 1.29 is 19.2 Å². The van der Waals surface area contributed by atoms with Crippen LogP contribution in [0.25, 0.3) is 0 Å². The summed E-state index contributed by atoms with van der Waals surface area (Å²) < 4.78 is 6.91. The van der Waals surface area contributed by atoms with E-state index in [1.807, 2.05) is 0 Å². The number of allylic oxidation sites excluding steroid dienone is 1. The lowest BCUT2D eigenvalue weighted by Crippen LogP contribution is -2.30. The Kier molecular flexibility index (Phi) is 4.87. The normalized spacial score (nSPS) is 15.8. The molecule has 0 unspecified atom stereocenters. The van der Waals surface area contributed by atoms with E-state index in [9.17, 15) is 19.7 Å². The second-order valence-electron chi connectivity index (χ2n) is 6.59. The number of ether oxygens (including phenoxy) is 1. The van der Waals surface area contributed by atoms with Crippen LogP contribution in [0.2, 0.25) is 0 Å². The van der Waals surface area contributed by atoms with Crippen LogP contribution in [0.5, 0.6) is 0 Å². The second kappa shape index (κ2) is 7.14. The lowest BCUT2D eigenvalue weighted by molar-refractivity contribution is -0.384. The van der Waals surface area contributed by atoms with E-state index in [1.165, 1.54) is 24.5 Å². The fraction of sp³-hybridized carbons (Fsp3) is 0.278. The molecule has 1 aromatic heterocycles. The van der Waals surface area contributed by atoms with Crippen molar-refractivity contribution in [3.05, 3.63) is 63.2 Å². The molecule has 0 radical (unpaired) electrons. The highest BCUT2D eigenvalue weighted by molar-refractivity contribution is 5.98. The number of nitrogens with two attached hydrogens (primary N) is 1. The first kappa shape index (κ1) is 19.1. The quantitative estimate of drug-likeness (QED) is 0.456. The molecule has 28 heavy (non-hydrogen) atoms. The molecule has 10 heteroatoms. The number of nitrogens with zero attached hydrogens (tertiary/aromatic N) is 3. The molecule has 2 heterocycles. The van der Waals surface area contributed by atoms with E-state index in [2.05, 4.69) is 10.3 Å². The summed E-state index contributed by atoms with van der Waals surface area (Å²) in [5.74, 6) is -1.00. The van der Waals surface area contributed by atoms with E-state index < -0.39 is 22.8 Å². The molecule has 2 aromatic rings. The molecule has 0 saturated heterocycles. The van der Waals surface area contributed by atoms with Crippen molar-refractivity contribution in [3.63, 3.8) is 0 Å². The third-order valence-electron chi connectivity index (χ3n) is 4.25. The zero-order chi connectivity index (χ0) is 20.6. The van der Waals surface area contributed by atoms with Crippen molar-refractivity contribution in [1.82, 2.24) is 9.55 Å². The number of hydrogen-bond donors (Lipinski definition) is 2. The third kappa shape index (κ3) is 3.31. The first-order chi connectivity index (χ1) is 13.2. The summed E-state index contributed by atoms with van der Waals surface area (Å²) in [5.41, 5.74) is 6.44. The molecule has 0 saturated carbocycles. The minimum Gasteiger partial charge on any atom is -0.459 e. The van der Waals surface area contributed by atoms with Gasteiger partial charge >= 0.3 is 5.97 Å². The lowest BCUT2D eigenvalue weighted by Gasteiger charge is -2.30. The molecule has 3 rings (SSSR count). The zero-order valence-corrected chi connectivity index (χ0v) is 15.5. The van der Waals surface area contributed by atoms with Crippen LogP contribution in [0.1, 0.15) is 42.9 Å². The molecule has 1 aliphatic heterocycles. The molecule has 1 amide bonds. The predicted octanol–water partition coefficient (Wildman–Crippen LogP) is 2.13. The van der Waals surface area contributed by atoms with Gasteiger partial charge in [0.1, 0.15) is 5.82 Å². The van der Waals surface area contributed by atoms with E-state index in [4.69, 9.17) is 10.5 Å². The number of nitro groups is 1. The van der Waals surface area contributed by atoms with Crippen LogP contribution in [-0.4, -0.2) is 32.5 Å². The maximum absolute atomic E-state index is 12.8. The van der Waals surface area contributed by atoms with Gasteiger partial charge in [0.15, 0.2) is 5.69 Å². The van der Waals surface area contributed by atoms with Crippen LogP contribution in [0.3, 0.4) is 0 Å². The Labute approximate surface area is 160 Å². The van der Waals surface area contributed by atoms with Gasteiger partial charge in [0.2, 0.25) is 0 Å². The number of primary amides is 1. The average Bonchev–Trinajstić information content (AvgIpc) is 3.03. The first-order valence-corrected chi connectivity index (χ1v) is 8.50. The van der Waals surface area contributed by atoms with E-state index in [1.54, 1.807) is 31.4 Å². The monoisotopic (exact) mass is 385 g/mol. The van der Waals surface area contributed by atoms with Crippen LogP contribution in [0.15, 0.2) is 41.9 Å². The van der Waals surface area contributed by atoms with Crippen LogP contribution in [-0.2, 0) is 9.53 Å². The maximum Gasteiger partial charge on any atom is 0.338 e. The maximum atomic E-state index is 12.8. The topological polar surface area (TPSA) is 142 Å². The highest BCUT2D eigenvalue weighted by Gasteiger charge is 2.36. The number of non-ortho nitro benzene ring substituents is 1. The van der Waals surface area contributed by atoms with Crippen molar-refractivity contribution >= 4 is 23.4 Å². The number of imidazole rings is 1. The third-order valence-corrected chi connectivity index (χ3v) is 4.25. The Hall–Kier alpha value is -3.69. The van der Waals surface area contributed by atoms with Crippen molar-refractivity contribution in [2.75, 3.05) is 5.32 Å². The van der Waals surface area contributed by atoms with Gasteiger partial charge in [-0.2, -0.15) is 0 Å². The Bertz CT molecular complexity index is 1010. The Morgan fingerprint density at radius 3 is 2.71 bits per heavy atom. The number of rotatable bonds is 5. The van der Waals surface area contributed by atoms with Gasteiger partial charge < -0.3 is 20.4 Å². The fourth-order valence-corrected chi connectivity index (χ4v) is 3.13. The largest absolute Gasteiger partial charge is 0.459 e. The molecule has 0 fully saturated rings. The second-order valence-corrected chi connectivity index (χ2v) is 6.59. The molecule has 1 aliphatic rings. The number of nitro benzene ring substituents is 1. The van der Waals surface area contributed by atoms with E-state index in [-0.39, 0.29) is 23.1 Å². The van der Waals surface area contributed by atoms with Crippen molar-refractivity contribution in [1.29, 1.82) is 0 Å². The van der Waals surface area contributed by atoms with Gasteiger partial charge in [-0.25, -0.2) is 9.78 Å². The van der Waals surface area contributed by atoms with Crippen LogP contribution < -0.4 is 11.1 Å². The van der Waals surface area contributed by atoms with Gasteiger partial charge in [-0.1, -0.05) is 12.1 Å². The Balaban J connectivity index is 2.21. The summed E-state index contributed by atoms with van der Waals surface area (Å²) in [7, 11) is 0.